The second-order valence-electron chi connectivity index (χ2n) is 7.90. The molecule has 170 valence electrons. The molecule has 2 aromatic rings. The number of rotatable bonds is 9. The average Bonchev–Trinajstić information content (AvgIpc) is 2.78. The predicted molar refractivity (Wildman–Crippen MR) is 122 cm³/mol. The van der Waals surface area contributed by atoms with E-state index in [9.17, 15) is 9.59 Å². The molecule has 2 aromatic carbocycles. The Morgan fingerprint density at radius 2 is 1.62 bits per heavy atom. The van der Waals surface area contributed by atoms with E-state index in [2.05, 4.69) is 22.5 Å². The van der Waals surface area contributed by atoms with Crippen LogP contribution in [0.1, 0.15) is 40.9 Å². The monoisotopic (exact) mass is 438 g/mol. The van der Waals surface area contributed by atoms with Crippen LogP contribution in [0, 0.1) is 11.8 Å². The second kappa shape index (κ2) is 12.0. The number of hydroxylamine groups is 1. The Labute approximate surface area is 188 Å². The summed E-state index contributed by atoms with van der Waals surface area (Å²) in [7, 11) is 1.67. The van der Waals surface area contributed by atoms with E-state index in [0.717, 1.165) is 29.8 Å². The maximum absolute atomic E-state index is 12.5. The molecule has 0 saturated heterocycles. The Bertz CT molecular complexity index is 955. The Morgan fingerprint density at radius 3 is 2.12 bits per heavy atom. The maximum Gasteiger partial charge on any atom is 0.267 e. The van der Waals surface area contributed by atoms with Gasteiger partial charge in [0.15, 0.2) is 0 Å². The first-order chi connectivity index (χ1) is 15.2. The lowest BCUT2D eigenvalue weighted by Crippen LogP contribution is -2.61. The van der Waals surface area contributed by atoms with Gasteiger partial charge in [0.25, 0.3) is 11.8 Å². The van der Waals surface area contributed by atoms with Crippen LogP contribution in [-0.2, 0) is 16.1 Å². The van der Waals surface area contributed by atoms with Crippen LogP contribution in [0.4, 0.5) is 0 Å². The summed E-state index contributed by atoms with van der Waals surface area (Å²) in [6, 6.07) is 13.6. The zero-order valence-electron chi connectivity index (χ0n) is 18.6. The van der Waals surface area contributed by atoms with Crippen LogP contribution in [0.5, 0.6) is 0 Å². The SMILES string of the molecule is COCCNCc1ccc(C#Cc2ccc(C(=O)NC(C(=O)NO)C(C)(C)N)cc2)cc1. The highest BCUT2D eigenvalue weighted by atomic mass is 16.5. The maximum atomic E-state index is 12.5. The van der Waals surface area contributed by atoms with E-state index in [4.69, 9.17) is 15.7 Å². The number of amides is 2. The highest BCUT2D eigenvalue weighted by molar-refractivity contribution is 5.97. The van der Waals surface area contributed by atoms with E-state index in [1.807, 2.05) is 24.3 Å². The van der Waals surface area contributed by atoms with Crippen LogP contribution in [-0.4, -0.2) is 48.9 Å². The van der Waals surface area contributed by atoms with Crippen molar-refractivity contribution in [3.8, 4) is 11.8 Å². The van der Waals surface area contributed by atoms with E-state index in [1.165, 1.54) is 5.48 Å². The van der Waals surface area contributed by atoms with Crippen molar-refractivity contribution >= 4 is 11.8 Å². The standard InChI is InChI=1S/C24H30N4O4/c1-24(2,25)21(23(30)28-31)27-22(29)20-12-10-18(11-13-20)5-4-17-6-8-19(9-7-17)16-26-14-15-32-3/h6-13,21,26,31H,14-16,25H2,1-3H3,(H,27,29)(H,28,30). The minimum atomic E-state index is -1.10. The Morgan fingerprint density at radius 1 is 1.06 bits per heavy atom. The Balaban J connectivity index is 1.99. The zero-order valence-corrected chi connectivity index (χ0v) is 18.6. The summed E-state index contributed by atoms with van der Waals surface area (Å²) in [4.78, 5) is 24.3. The summed E-state index contributed by atoms with van der Waals surface area (Å²) < 4.78 is 5.00. The quantitative estimate of drug-likeness (QED) is 0.173. The molecule has 0 saturated carbocycles. The molecule has 2 amide bonds. The molecule has 0 aliphatic carbocycles. The number of ether oxygens (including phenoxy) is 1. The number of hydrogen-bond acceptors (Lipinski definition) is 6. The van der Waals surface area contributed by atoms with Crippen molar-refractivity contribution in [2.45, 2.75) is 32.0 Å². The molecule has 0 spiro atoms. The van der Waals surface area contributed by atoms with Gasteiger partial charge in [-0.2, -0.15) is 0 Å². The molecule has 0 heterocycles. The third-order valence-corrected chi connectivity index (χ3v) is 4.66. The number of methoxy groups -OCH3 is 1. The number of benzene rings is 2. The summed E-state index contributed by atoms with van der Waals surface area (Å²) in [5, 5.41) is 14.7. The third kappa shape index (κ3) is 7.80. The molecule has 0 aliphatic rings. The third-order valence-electron chi connectivity index (χ3n) is 4.66. The molecule has 2 rings (SSSR count). The molecule has 8 nitrogen and oxygen atoms in total. The van der Waals surface area contributed by atoms with Crippen LogP contribution in [0.25, 0.3) is 0 Å². The first-order valence-electron chi connectivity index (χ1n) is 10.2. The fraction of sp³-hybridized carbons (Fsp3) is 0.333. The van der Waals surface area contributed by atoms with Crippen molar-refractivity contribution in [3.05, 3.63) is 70.8 Å². The van der Waals surface area contributed by atoms with E-state index in [1.54, 1.807) is 45.2 Å². The van der Waals surface area contributed by atoms with Gasteiger partial charge in [-0.1, -0.05) is 24.0 Å². The number of hydrogen-bond donors (Lipinski definition) is 5. The van der Waals surface area contributed by atoms with Crippen LogP contribution < -0.4 is 21.8 Å². The lowest BCUT2D eigenvalue weighted by molar-refractivity contribution is -0.132. The highest BCUT2D eigenvalue weighted by Gasteiger charge is 2.33. The van der Waals surface area contributed by atoms with Gasteiger partial charge in [-0.15, -0.1) is 0 Å². The number of carbonyl (C=O) groups excluding carboxylic acids is 2. The van der Waals surface area contributed by atoms with Crippen LogP contribution >= 0.6 is 0 Å². The van der Waals surface area contributed by atoms with E-state index in [-0.39, 0.29) is 0 Å². The second-order valence-corrected chi connectivity index (χ2v) is 7.90. The molecule has 1 atom stereocenters. The fourth-order valence-electron chi connectivity index (χ4n) is 2.83. The van der Waals surface area contributed by atoms with Crippen molar-refractivity contribution in [2.75, 3.05) is 20.3 Å². The normalized spacial score (nSPS) is 11.8. The molecule has 0 aromatic heterocycles. The van der Waals surface area contributed by atoms with Gasteiger partial charge in [-0.05, 0) is 55.8 Å². The Hall–Kier alpha value is -3.22. The van der Waals surface area contributed by atoms with E-state index >= 15 is 0 Å². The number of carbonyl (C=O) groups is 2. The fourth-order valence-corrected chi connectivity index (χ4v) is 2.83. The molecule has 0 bridgehead atoms. The van der Waals surface area contributed by atoms with Crippen molar-refractivity contribution < 1.29 is 19.5 Å². The molecule has 8 heteroatoms. The van der Waals surface area contributed by atoms with Gasteiger partial charge < -0.3 is 21.1 Å². The van der Waals surface area contributed by atoms with Gasteiger partial charge in [0.1, 0.15) is 6.04 Å². The molecule has 0 radical (unpaired) electrons. The molecule has 1 unspecified atom stereocenters. The first-order valence-corrected chi connectivity index (χ1v) is 10.2. The summed E-state index contributed by atoms with van der Waals surface area (Å²) in [6.45, 7) is 5.40. The van der Waals surface area contributed by atoms with Gasteiger partial charge >= 0.3 is 0 Å². The van der Waals surface area contributed by atoms with E-state index < -0.39 is 23.4 Å². The molecular weight excluding hydrogens is 408 g/mol. The predicted octanol–water partition coefficient (Wildman–Crippen LogP) is 1.16. The van der Waals surface area contributed by atoms with Gasteiger partial charge in [0, 0.05) is 42.4 Å². The molecule has 32 heavy (non-hydrogen) atoms. The molecule has 0 aliphatic heterocycles. The minimum Gasteiger partial charge on any atom is -0.383 e. The zero-order chi connectivity index (χ0) is 23.6. The Kier molecular flexibility index (Phi) is 9.38. The van der Waals surface area contributed by atoms with Gasteiger partial charge in [-0.3, -0.25) is 14.8 Å². The summed E-state index contributed by atoms with van der Waals surface area (Å²) in [5.74, 6) is 4.90. The largest absolute Gasteiger partial charge is 0.383 e. The lowest BCUT2D eigenvalue weighted by atomic mass is 9.95. The van der Waals surface area contributed by atoms with Crippen LogP contribution in [0.15, 0.2) is 48.5 Å². The van der Waals surface area contributed by atoms with Gasteiger partial charge in [0.05, 0.1) is 6.61 Å². The minimum absolute atomic E-state index is 0.348. The molecule has 6 N–H and O–H groups in total. The van der Waals surface area contributed by atoms with Crippen molar-refractivity contribution in [3.63, 3.8) is 0 Å². The number of nitrogens with two attached hydrogens (primary N) is 1. The topological polar surface area (TPSA) is 126 Å². The van der Waals surface area contributed by atoms with Crippen molar-refractivity contribution in [2.24, 2.45) is 5.73 Å². The summed E-state index contributed by atoms with van der Waals surface area (Å²) in [6.07, 6.45) is 0. The van der Waals surface area contributed by atoms with Crippen LogP contribution in [0.3, 0.4) is 0 Å². The van der Waals surface area contributed by atoms with Crippen molar-refractivity contribution in [1.29, 1.82) is 0 Å². The molecule has 0 fully saturated rings. The van der Waals surface area contributed by atoms with Crippen LogP contribution in [0.2, 0.25) is 0 Å². The summed E-state index contributed by atoms with van der Waals surface area (Å²) in [5.41, 5.74) is 9.54. The van der Waals surface area contributed by atoms with Crippen molar-refractivity contribution in [1.82, 2.24) is 16.1 Å². The smallest absolute Gasteiger partial charge is 0.267 e. The average molecular weight is 439 g/mol. The highest BCUT2D eigenvalue weighted by Crippen LogP contribution is 2.09. The lowest BCUT2D eigenvalue weighted by Gasteiger charge is -2.29. The van der Waals surface area contributed by atoms with Gasteiger partial charge in [-0.25, -0.2) is 5.48 Å². The van der Waals surface area contributed by atoms with Gasteiger partial charge in [0.2, 0.25) is 0 Å². The molecular formula is C24H30N4O4. The van der Waals surface area contributed by atoms with E-state index in [0.29, 0.717) is 12.2 Å². The first kappa shape index (κ1) is 25.0. The number of nitrogens with one attached hydrogen (secondary N) is 3. The summed E-state index contributed by atoms with van der Waals surface area (Å²) >= 11 is 0.